The fourth-order valence-electron chi connectivity index (χ4n) is 2.08. The molecule has 1 aromatic carbocycles. The molecule has 2 aromatic heterocycles. The van der Waals surface area contributed by atoms with Crippen LogP contribution < -0.4 is 10.6 Å². The number of hydrogen-bond donors (Lipinski definition) is 2. The van der Waals surface area contributed by atoms with E-state index in [1.807, 2.05) is 23.6 Å². The van der Waals surface area contributed by atoms with Crippen LogP contribution in [-0.4, -0.2) is 21.8 Å². The van der Waals surface area contributed by atoms with Crippen molar-refractivity contribution in [2.24, 2.45) is 0 Å². The second kappa shape index (κ2) is 7.01. The van der Waals surface area contributed by atoms with Gasteiger partial charge >= 0.3 is 0 Å². The lowest BCUT2D eigenvalue weighted by molar-refractivity contribution is -0.114. The average Bonchev–Trinajstić information content (AvgIpc) is 3.10. The maximum Gasteiger partial charge on any atom is 0.268 e. The monoisotopic (exact) mass is 338 g/mol. The highest BCUT2D eigenvalue weighted by atomic mass is 32.1. The van der Waals surface area contributed by atoms with Crippen LogP contribution in [0.1, 0.15) is 16.6 Å². The van der Waals surface area contributed by atoms with Gasteiger partial charge in [-0.25, -0.2) is 9.97 Å². The molecule has 0 radical (unpaired) electrons. The Morgan fingerprint density at radius 3 is 2.50 bits per heavy atom. The summed E-state index contributed by atoms with van der Waals surface area (Å²) in [6.07, 6.45) is 1.59. The van der Waals surface area contributed by atoms with Crippen LogP contribution in [0.2, 0.25) is 0 Å². The molecule has 0 fully saturated rings. The largest absolute Gasteiger partial charge is 0.326 e. The van der Waals surface area contributed by atoms with Gasteiger partial charge in [0, 0.05) is 24.4 Å². The average molecular weight is 338 g/mol. The van der Waals surface area contributed by atoms with E-state index in [-0.39, 0.29) is 17.8 Å². The van der Waals surface area contributed by atoms with Crippen LogP contribution in [0.3, 0.4) is 0 Å². The number of thiophene rings is 1. The van der Waals surface area contributed by atoms with Crippen molar-refractivity contribution in [3.8, 4) is 11.3 Å². The molecule has 0 unspecified atom stereocenters. The number of nitrogens with zero attached hydrogens (tertiary/aromatic N) is 2. The van der Waals surface area contributed by atoms with Gasteiger partial charge in [-0.1, -0.05) is 18.2 Å². The summed E-state index contributed by atoms with van der Waals surface area (Å²) in [6, 6.07) is 12.6. The smallest absolute Gasteiger partial charge is 0.268 e. The summed E-state index contributed by atoms with van der Waals surface area (Å²) in [6.45, 7) is 1.46. The number of nitrogens with one attached hydrogen (secondary N) is 2. The molecule has 0 saturated heterocycles. The summed E-state index contributed by atoms with van der Waals surface area (Å²) in [4.78, 5) is 32.1. The molecule has 2 N–H and O–H groups in total. The molecule has 2 amide bonds. The second-order valence-corrected chi connectivity index (χ2v) is 5.90. The van der Waals surface area contributed by atoms with Gasteiger partial charge in [0.05, 0.1) is 10.6 Å². The minimum atomic E-state index is -0.233. The van der Waals surface area contributed by atoms with Gasteiger partial charge in [-0.05, 0) is 29.6 Å². The first-order chi connectivity index (χ1) is 11.6. The number of carbonyl (C=O) groups is 2. The first-order valence-electron chi connectivity index (χ1n) is 7.18. The molecule has 3 aromatic rings. The topological polar surface area (TPSA) is 84.0 Å². The van der Waals surface area contributed by atoms with Crippen molar-refractivity contribution in [1.29, 1.82) is 0 Å². The molecule has 0 bridgehead atoms. The van der Waals surface area contributed by atoms with Crippen LogP contribution in [0, 0.1) is 0 Å². The lowest BCUT2D eigenvalue weighted by atomic mass is 10.1. The zero-order valence-corrected chi connectivity index (χ0v) is 13.6. The van der Waals surface area contributed by atoms with Crippen molar-refractivity contribution in [3.63, 3.8) is 0 Å². The Balaban J connectivity index is 1.77. The normalized spacial score (nSPS) is 10.2. The Hall–Kier alpha value is -3.06. The number of anilines is 2. The summed E-state index contributed by atoms with van der Waals surface area (Å²) in [7, 11) is 0. The number of benzene rings is 1. The second-order valence-electron chi connectivity index (χ2n) is 4.96. The molecule has 24 heavy (non-hydrogen) atoms. The molecule has 0 aliphatic rings. The standard InChI is InChI=1S/C17H14N4O2S/c1-11(22)19-13-6-4-12(5-7-13)14-8-9-18-17(20-14)21-16(23)15-3-2-10-24-15/h2-10H,1H3,(H,19,22)(H,18,20,21,23). The van der Waals surface area contributed by atoms with Gasteiger partial charge in [0.25, 0.3) is 5.91 Å². The van der Waals surface area contributed by atoms with Gasteiger partial charge < -0.3 is 5.32 Å². The van der Waals surface area contributed by atoms with E-state index in [0.717, 1.165) is 5.56 Å². The highest BCUT2D eigenvalue weighted by molar-refractivity contribution is 7.12. The SMILES string of the molecule is CC(=O)Nc1ccc(-c2ccnc(NC(=O)c3cccs3)n2)cc1. The Morgan fingerprint density at radius 2 is 1.83 bits per heavy atom. The van der Waals surface area contributed by atoms with E-state index in [4.69, 9.17) is 0 Å². The molecule has 2 heterocycles. The molecule has 0 aliphatic carbocycles. The maximum atomic E-state index is 12.0. The number of rotatable bonds is 4. The molecule has 3 rings (SSSR count). The Morgan fingerprint density at radius 1 is 1.04 bits per heavy atom. The first-order valence-corrected chi connectivity index (χ1v) is 8.06. The molecule has 120 valence electrons. The molecule has 0 spiro atoms. The fourth-order valence-corrected chi connectivity index (χ4v) is 2.70. The quantitative estimate of drug-likeness (QED) is 0.763. The van der Waals surface area contributed by atoms with E-state index < -0.39 is 0 Å². The van der Waals surface area contributed by atoms with E-state index in [1.165, 1.54) is 18.3 Å². The van der Waals surface area contributed by atoms with Crippen LogP contribution in [0.15, 0.2) is 54.0 Å². The van der Waals surface area contributed by atoms with Gasteiger partial charge in [0.2, 0.25) is 11.9 Å². The van der Waals surface area contributed by atoms with Crippen LogP contribution in [-0.2, 0) is 4.79 Å². The van der Waals surface area contributed by atoms with Crippen LogP contribution in [0.4, 0.5) is 11.6 Å². The molecule has 0 atom stereocenters. The molecule has 0 saturated carbocycles. The van der Waals surface area contributed by atoms with Crippen LogP contribution >= 0.6 is 11.3 Å². The van der Waals surface area contributed by atoms with Crippen LogP contribution in [0.25, 0.3) is 11.3 Å². The summed E-state index contributed by atoms with van der Waals surface area (Å²) in [5.41, 5.74) is 2.26. The van der Waals surface area contributed by atoms with E-state index >= 15 is 0 Å². The van der Waals surface area contributed by atoms with Gasteiger partial charge in [-0.3, -0.25) is 14.9 Å². The zero-order chi connectivity index (χ0) is 16.9. The minimum Gasteiger partial charge on any atom is -0.326 e. The predicted octanol–water partition coefficient (Wildman–Crippen LogP) is 3.42. The van der Waals surface area contributed by atoms with E-state index in [2.05, 4.69) is 20.6 Å². The van der Waals surface area contributed by atoms with Crippen molar-refractivity contribution in [2.75, 3.05) is 10.6 Å². The Labute approximate surface area is 142 Å². The maximum absolute atomic E-state index is 12.0. The van der Waals surface area contributed by atoms with Crippen molar-refractivity contribution in [2.45, 2.75) is 6.92 Å². The van der Waals surface area contributed by atoms with Crippen molar-refractivity contribution in [3.05, 3.63) is 58.9 Å². The van der Waals surface area contributed by atoms with E-state index in [1.54, 1.807) is 30.5 Å². The number of aromatic nitrogens is 2. The number of carbonyl (C=O) groups excluding carboxylic acids is 2. The molecular formula is C17H14N4O2S. The number of hydrogen-bond acceptors (Lipinski definition) is 5. The molecule has 6 nitrogen and oxygen atoms in total. The zero-order valence-electron chi connectivity index (χ0n) is 12.8. The fraction of sp³-hybridized carbons (Fsp3) is 0.0588. The van der Waals surface area contributed by atoms with E-state index in [0.29, 0.717) is 16.3 Å². The van der Waals surface area contributed by atoms with Crippen LogP contribution in [0.5, 0.6) is 0 Å². The summed E-state index contributed by atoms with van der Waals surface area (Å²) < 4.78 is 0. The number of amides is 2. The Kier molecular flexibility index (Phi) is 4.62. The third kappa shape index (κ3) is 3.82. The Bertz CT molecular complexity index is 861. The van der Waals surface area contributed by atoms with Gasteiger partial charge in [0.1, 0.15) is 0 Å². The lowest BCUT2D eigenvalue weighted by Crippen LogP contribution is -2.12. The van der Waals surface area contributed by atoms with Crippen molar-refractivity contribution in [1.82, 2.24) is 9.97 Å². The van der Waals surface area contributed by atoms with Crippen molar-refractivity contribution < 1.29 is 9.59 Å². The predicted molar refractivity (Wildman–Crippen MR) is 94.0 cm³/mol. The summed E-state index contributed by atoms with van der Waals surface area (Å²) in [5, 5.41) is 7.23. The minimum absolute atomic E-state index is 0.122. The lowest BCUT2D eigenvalue weighted by Gasteiger charge is -2.06. The highest BCUT2D eigenvalue weighted by Gasteiger charge is 2.09. The third-order valence-corrected chi connectivity index (χ3v) is 4.00. The summed E-state index contributed by atoms with van der Waals surface area (Å²) in [5.74, 6) is -0.108. The van der Waals surface area contributed by atoms with Gasteiger partial charge in [-0.15, -0.1) is 11.3 Å². The van der Waals surface area contributed by atoms with E-state index in [9.17, 15) is 9.59 Å². The highest BCUT2D eigenvalue weighted by Crippen LogP contribution is 2.20. The third-order valence-electron chi connectivity index (χ3n) is 3.13. The molecular weight excluding hydrogens is 324 g/mol. The van der Waals surface area contributed by atoms with Crippen molar-refractivity contribution >= 4 is 34.8 Å². The summed E-state index contributed by atoms with van der Waals surface area (Å²) >= 11 is 1.36. The van der Waals surface area contributed by atoms with Gasteiger partial charge in [0.15, 0.2) is 0 Å². The molecule has 7 heteroatoms. The molecule has 0 aliphatic heterocycles. The first kappa shape index (κ1) is 15.8. The van der Waals surface area contributed by atoms with Gasteiger partial charge in [-0.2, -0.15) is 0 Å².